The lowest BCUT2D eigenvalue weighted by Crippen LogP contribution is -2.33. The Hall–Kier alpha value is -2.38. The lowest BCUT2D eigenvalue weighted by Gasteiger charge is -2.21. The predicted molar refractivity (Wildman–Crippen MR) is 85.0 cm³/mol. The van der Waals surface area contributed by atoms with Crippen molar-refractivity contribution in [1.82, 2.24) is 14.7 Å². The molecule has 0 spiro atoms. The van der Waals surface area contributed by atoms with Gasteiger partial charge in [-0.1, -0.05) is 25.5 Å². The number of alkyl halides is 3. The van der Waals surface area contributed by atoms with Crippen molar-refractivity contribution in [2.75, 3.05) is 13.1 Å². The molecule has 1 amide bonds. The van der Waals surface area contributed by atoms with Crippen LogP contribution in [0.15, 0.2) is 30.5 Å². The molecule has 8 heteroatoms. The number of aromatic nitrogens is 2. The first-order chi connectivity index (χ1) is 11.8. The monoisotopic (exact) mass is 357 g/mol. The molecule has 2 aromatic rings. The average Bonchev–Trinajstić information content (AvgIpc) is 3.01. The molecule has 0 unspecified atom stereocenters. The molecule has 0 fully saturated rings. The van der Waals surface area contributed by atoms with Gasteiger partial charge in [-0.15, -0.1) is 0 Å². The molecule has 0 bridgehead atoms. The Labute approximate surface area is 143 Å². The predicted octanol–water partition coefficient (Wildman–Crippen LogP) is 4.29. The van der Waals surface area contributed by atoms with Crippen molar-refractivity contribution in [2.24, 2.45) is 0 Å². The number of amides is 1. The largest absolute Gasteiger partial charge is 0.434 e. The van der Waals surface area contributed by atoms with Crippen LogP contribution in [0.2, 0.25) is 0 Å². The second-order valence-electron chi connectivity index (χ2n) is 5.51. The van der Waals surface area contributed by atoms with Gasteiger partial charge in [0.05, 0.1) is 11.8 Å². The van der Waals surface area contributed by atoms with Gasteiger partial charge < -0.3 is 4.90 Å². The highest BCUT2D eigenvalue weighted by atomic mass is 19.4. The number of hydrogen-bond acceptors (Lipinski definition) is 2. The molecule has 136 valence electrons. The third-order valence-electron chi connectivity index (χ3n) is 3.80. The maximum Gasteiger partial charge on any atom is 0.434 e. The summed E-state index contributed by atoms with van der Waals surface area (Å²) in [5, 5.41) is 3.64. The number of benzene rings is 1. The van der Waals surface area contributed by atoms with Gasteiger partial charge in [-0.25, -0.2) is 9.07 Å². The van der Waals surface area contributed by atoms with Crippen LogP contribution in [0.5, 0.6) is 0 Å². The van der Waals surface area contributed by atoms with Crippen molar-refractivity contribution in [1.29, 1.82) is 0 Å². The van der Waals surface area contributed by atoms with Crippen LogP contribution in [-0.4, -0.2) is 33.7 Å². The fraction of sp³-hybridized carbons (Fsp3) is 0.412. The van der Waals surface area contributed by atoms with Gasteiger partial charge in [0.1, 0.15) is 11.5 Å². The van der Waals surface area contributed by atoms with Gasteiger partial charge in [0, 0.05) is 13.1 Å². The van der Waals surface area contributed by atoms with Crippen molar-refractivity contribution in [2.45, 2.75) is 32.9 Å². The molecule has 0 saturated carbocycles. The maximum absolute atomic E-state index is 13.9. The number of unbranched alkanes of at least 4 members (excludes halogenated alkanes) is 1. The van der Waals surface area contributed by atoms with Crippen LogP contribution in [0.4, 0.5) is 17.6 Å². The summed E-state index contributed by atoms with van der Waals surface area (Å²) < 4.78 is 55.1. The molecule has 1 aromatic carbocycles. The molecule has 0 radical (unpaired) electrons. The maximum atomic E-state index is 13.9. The number of nitrogens with zero attached hydrogens (tertiary/aromatic N) is 3. The quantitative estimate of drug-likeness (QED) is 0.723. The fourth-order valence-electron chi connectivity index (χ4n) is 2.51. The zero-order valence-electron chi connectivity index (χ0n) is 14.0. The van der Waals surface area contributed by atoms with Crippen LogP contribution in [0.3, 0.4) is 0 Å². The zero-order valence-corrected chi connectivity index (χ0v) is 14.0. The number of carbonyl (C=O) groups is 1. The van der Waals surface area contributed by atoms with Gasteiger partial charge in [0.2, 0.25) is 0 Å². The molecule has 0 atom stereocenters. The average molecular weight is 357 g/mol. The fourth-order valence-corrected chi connectivity index (χ4v) is 2.51. The summed E-state index contributed by atoms with van der Waals surface area (Å²) in [6, 6.07) is 4.99. The number of para-hydroxylation sites is 1. The van der Waals surface area contributed by atoms with Crippen LogP contribution < -0.4 is 0 Å². The smallest absolute Gasteiger partial charge is 0.339 e. The minimum Gasteiger partial charge on any atom is -0.339 e. The van der Waals surface area contributed by atoms with E-state index in [-0.39, 0.29) is 12.2 Å². The first-order valence-corrected chi connectivity index (χ1v) is 8.00. The molecule has 25 heavy (non-hydrogen) atoms. The van der Waals surface area contributed by atoms with Gasteiger partial charge in [-0.3, -0.25) is 4.79 Å². The Morgan fingerprint density at radius 1 is 1.24 bits per heavy atom. The number of halogens is 4. The first-order valence-electron chi connectivity index (χ1n) is 8.00. The second-order valence-corrected chi connectivity index (χ2v) is 5.51. The van der Waals surface area contributed by atoms with Crippen LogP contribution in [-0.2, 0) is 6.18 Å². The number of rotatable bonds is 6. The summed E-state index contributed by atoms with van der Waals surface area (Å²) in [7, 11) is 0. The minimum absolute atomic E-state index is 0.279. The number of carbonyl (C=O) groups excluding carboxylic acids is 1. The summed E-state index contributed by atoms with van der Waals surface area (Å²) in [5.41, 5.74) is -2.20. The van der Waals surface area contributed by atoms with Crippen LogP contribution in [0.1, 0.15) is 42.7 Å². The van der Waals surface area contributed by atoms with Gasteiger partial charge >= 0.3 is 6.18 Å². The third-order valence-corrected chi connectivity index (χ3v) is 3.80. The normalized spacial score (nSPS) is 11.6. The summed E-state index contributed by atoms with van der Waals surface area (Å²) in [5.74, 6) is -1.61. The minimum atomic E-state index is -4.85. The van der Waals surface area contributed by atoms with Crippen molar-refractivity contribution in [3.8, 4) is 5.69 Å². The molecule has 1 heterocycles. The van der Waals surface area contributed by atoms with E-state index in [4.69, 9.17) is 0 Å². The van der Waals surface area contributed by atoms with Crippen LogP contribution >= 0.6 is 0 Å². The van der Waals surface area contributed by atoms with Gasteiger partial charge in [0.15, 0.2) is 5.69 Å². The lowest BCUT2D eigenvalue weighted by molar-refractivity contribution is -0.143. The molecular weight excluding hydrogens is 338 g/mol. The van der Waals surface area contributed by atoms with E-state index < -0.39 is 29.2 Å². The Morgan fingerprint density at radius 3 is 2.48 bits per heavy atom. The Morgan fingerprint density at radius 2 is 1.92 bits per heavy atom. The van der Waals surface area contributed by atoms with E-state index in [0.717, 1.165) is 18.7 Å². The second kappa shape index (κ2) is 7.67. The van der Waals surface area contributed by atoms with Crippen molar-refractivity contribution >= 4 is 5.91 Å². The van der Waals surface area contributed by atoms with E-state index in [1.54, 1.807) is 6.92 Å². The molecule has 0 saturated heterocycles. The van der Waals surface area contributed by atoms with E-state index in [1.807, 2.05) is 6.92 Å². The van der Waals surface area contributed by atoms with Crippen LogP contribution in [0, 0.1) is 5.82 Å². The Balaban J connectivity index is 2.54. The van der Waals surface area contributed by atoms with Gasteiger partial charge in [-0.05, 0) is 25.5 Å². The van der Waals surface area contributed by atoms with Gasteiger partial charge in [0.25, 0.3) is 5.91 Å². The molecule has 2 rings (SSSR count). The summed E-state index contributed by atoms with van der Waals surface area (Å²) in [4.78, 5) is 13.9. The molecule has 0 N–H and O–H groups in total. The molecule has 4 nitrogen and oxygen atoms in total. The van der Waals surface area contributed by atoms with E-state index in [0.29, 0.717) is 17.6 Å². The molecule has 0 aliphatic rings. The lowest BCUT2D eigenvalue weighted by atomic mass is 10.2. The first kappa shape index (κ1) is 19.0. The van der Waals surface area contributed by atoms with E-state index in [9.17, 15) is 22.4 Å². The Bertz CT molecular complexity index is 740. The molecule has 0 aliphatic heterocycles. The molecule has 1 aromatic heterocycles. The standard InChI is InChI=1S/C17H19F4N3O/c1-3-5-10-23(4-2)16(25)12-11-22-24(15(12)17(19,20)21)14-9-7-6-8-13(14)18/h6-9,11H,3-5,10H2,1-2H3. The highest BCUT2D eigenvalue weighted by Crippen LogP contribution is 2.34. The molecular formula is C17H19F4N3O. The van der Waals surface area contributed by atoms with Crippen molar-refractivity contribution < 1.29 is 22.4 Å². The number of hydrogen-bond donors (Lipinski definition) is 0. The van der Waals surface area contributed by atoms with Crippen LogP contribution in [0.25, 0.3) is 5.69 Å². The topological polar surface area (TPSA) is 38.1 Å². The third kappa shape index (κ3) is 4.00. The van der Waals surface area contributed by atoms with E-state index in [1.165, 1.54) is 23.1 Å². The van der Waals surface area contributed by atoms with Crippen molar-refractivity contribution in [3.05, 3.63) is 47.5 Å². The van der Waals surface area contributed by atoms with Crippen molar-refractivity contribution in [3.63, 3.8) is 0 Å². The molecule has 0 aliphatic carbocycles. The highest BCUT2D eigenvalue weighted by Gasteiger charge is 2.41. The van der Waals surface area contributed by atoms with E-state index in [2.05, 4.69) is 5.10 Å². The van der Waals surface area contributed by atoms with E-state index >= 15 is 0 Å². The van der Waals surface area contributed by atoms with Gasteiger partial charge in [-0.2, -0.15) is 18.3 Å². The SMILES string of the molecule is CCCCN(CC)C(=O)c1cnn(-c2ccccc2F)c1C(F)(F)F. The Kier molecular flexibility index (Phi) is 5.81. The summed E-state index contributed by atoms with van der Waals surface area (Å²) in [6.45, 7) is 4.26. The summed E-state index contributed by atoms with van der Waals surface area (Å²) in [6.07, 6.45) is -2.51. The zero-order chi connectivity index (χ0) is 18.6. The summed E-state index contributed by atoms with van der Waals surface area (Å²) >= 11 is 0. The highest BCUT2D eigenvalue weighted by molar-refractivity contribution is 5.95.